The first-order valence-corrected chi connectivity index (χ1v) is 17.7. The van der Waals surface area contributed by atoms with E-state index in [1.165, 1.54) is 9.80 Å². The van der Waals surface area contributed by atoms with Gasteiger partial charge in [0.1, 0.15) is 36.9 Å². The van der Waals surface area contributed by atoms with E-state index in [0.717, 1.165) is 11.1 Å². The van der Waals surface area contributed by atoms with Gasteiger partial charge in [0.2, 0.25) is 23.6 Å². The standard InChI is InChI=1S/C35H58N10O8/c36-9-13-40-32(48)20-44(21-33(49)41-14-10-37)18-28(46)24-52-30-5-1-26(2-6-30)17-27-3-7-31(8-4-27)53-25-29(47)19-45(22-34(50)42-15-11-38)23-35(51)43-16-12-39/h1-8,28-29,46-47H,9-25,36-39H2,(H,40,48)(H,41,49)(H,42,50)(H,43,51). The molecule has 0 radical (unpaired) electrons. The van der Waals surface area contributed by atoms with Crippen molar-refractivity contribution in [1.82, 2.24) is 31.1 Å². The lowest BCUT2D eigenvalue weighted by Gasteiger charge is -2.24. The molecule has 18 nitrogen and oxygen atoms in total. The lowest BCUT2D eigenvalue weighted by molar-refractivity contribution is -0.127. The second kappa shape index (κ2) is 26.4. The Morgan fingerprint density at radius 2 is 0.811 bits per heavy atom. The predicted molar refractivity (Wildman–Crippen MR) is 200 cm³/mol. The van der Waals surface area contributed by atoms with Gasteiger partial charge in [-0.15, -0.1) is 0 Å². The summed E-state index contributed by atoms with van der Waals surface area (Å²) in [7, 11) is 0. The first kappa shape index (κ1) is 44.8. The second-order valence-corrected chi connectivity index (χ2v) is 12.3. The van der Waals surface area contributed by atoms with Gasteiger partial charge in [-0.05, 0) is 41.8 Å². The van der Waals surface area contributed by atoms with Gasteiger partial charge >= 0.3 is 0 Å². The van der Waals surface area contributed by atoms with Crippen LogP contribution in [-0.2, 0) is 25.6 Å². The van der Waals surface area contributed by atoms with E-state index in [4.69, 9.17) is 32.4 Å². The maximum absolute atomic E-state index is 12.2. The fourth-order valence-corrected chi connectivity index (χ4v) is 4.98. The van der Waals surface area contributed by atoms with Crippen LogP contribution in [0.5, 0.6) is 11.5 Å². The molecular formula is C35H58N10O8. The number of nitrogens with zero attached hydrogens (tertiary/aromatic N) is 2. The Labute approximate surface area is 310 Å². The van der Waals surface area contributed by atoms with Crippen molar-refractivity contribution in [3.8, 4) is 11.5 Å². The van der Waals surface area contributed by atoms with Crippen molar-refractivity contribution in [2.75, 3.05) is 105 Å². The average Bonchev–Trinajstić information content (AvgIpc) is 3.13. The van der Waals surface area contributed by atoms with E-state index in [0.29, 0.717) is 44.1 Å². The van der Waals surface area contributed by atoms with Crippen LogP contribution in [0.2, 0.25) is 0 Å². The zero-order valence-electron chi connectivity index (χ0n) is 30.3. The number of nitrogens with one attached hydrogen (secondary N) is 4. The van der Waals surface area contributed by atoms with E-state index in [9.17, 15) is 29.4 Å². The molecule has 2 rings (SSSR count). The quantitative estimate of drug-likeness (QED) is 0.0394. The minimum atomic E-state index is -0.971. The first-order chi connectivity index (χ1) is 25.5. The number of hydrogen-bond donors (Lipinski definition) is 10. The normalized spacial score (nSPS) is 12.2. The highest BCUT2D eigenvalue weighted by Crippen LogP contribution is 2.18. The molecule has 0 aromatic heterocycles. The van der Waals surface area contributed by atoms with Crippen LogP contribution in [0.15, 0.2) is 48.5 Å². The molecule has 0 spiro atoms. The summed E-state index contributed by atoms with van der Waals surface area (Å²) in [6.07, 6.45) is -1.31. The SMILES string of the molecule is NCCNC(=O)CN(CC(=O)NCCN)CC(O)COc1ccc(Cc2ccc(OCC(O)CN(CC(=O)NCCN)CC(=O)NCCN)cc2)cc1. The summed E-state index contributed by atoms with van der Waals surface area (Å²) in [5.41, 5.74) is 23.8. The van der Waals surface area contributed by atoms with Gasteiger partial charge in [0, 0.05) is 65.4 Å². The fraction of sp³-hybridized carbons (Fsp3) is 0.543. The van der Waals surface area contributed by atoms with Crippen molar-refractivity contribution in [3.63, 3.8) is 0 Å². The number of hydrogen-bond acceptors (Lipinski definition) is 14. The van der Waals surface area contributed by atoms with E-state index in [1.807, 2.05) is 24.3 Å². The molecule has 0 aliphatic carbocycles. The number of aliphatic hydroxyl groups excluding tert-OH is 2. The Kier molecular flexibility index (Phi) is 22.3. The Bertz CT molecular complexity index is 1210. The minimum absolute atomic E-state index is 0.0317. The molecule has 0 bridgehead atoms. The monoisotopic (exact) mass is 746 g/mol. The van der Waals surface area contributed by atoms with E-state index in [-0.39, 0.29) is 102 Å². The Hall–Kier alpha value is -4.40. The van der Waals surface area contributed by atoms with Gasteiger partial charge in [0.25, 0.3) is 0 Å². The maximum Gasteiger partial charge on any atom is 0.234 e. The van der Waals surface area contributed by atoms with Crippen molar-refractivity contribution >= 4 is 23.6 Å². The molecule has 0 heterocycles. The maximum atomic E-state index is 12.2. The van der Waals surface area contributed by atoms with Crippen LogP contribution < -0.4 is 53.7 Å². The molecule has 0 saturated heterocycles. The van der Waals surface area contributed by atoms with Crippen LogP contribution in [-0.4, -0.2) is 161 Å². The largest absolute Gasteiger partial charge is 0.491 e. The Morgan fingerprint density at radius 3 is 1.08 bits per heavy atom. The predicted octanol–water partition coefficient (Wildman–Crippen LogP) is -4.34. The van der Waals surface area contributed by atoms with Crippen LogP contribution in [0, 0.1) is 0 Å². The summed E-state index contributed by atoms with van der Waals surface area (Å²) in [6.45, 7) is 1.96. The van der Waals surface area contributed by atoms with Crippen LogP contribution >= 0.6 is 0 Å². The van der Waals surface area contributed by atoms with E-state index >= 15 is 0 Å². The number of benzene rings is 2. The number of aliphatic hydroxyl groups is 2. The molecular weight excluding hydrogens is 688 g/mol. The van der Waals surface area contributed by atoms with Gasteiger partial charge in [-0.2, -0.15) is 0 Å². The smallest absolute Gasteiger partial charge is 0.234 e. The molecule has 14 N–H and O–H groups in total. The Balaban J connectivity index is 1.85. The van der Waals surface area contributed by atoms with Gasteiger partial charge in [0.15, 0.2) is 0 Å². The van der Waals surface area contributed by atoms with E-state index < -0.39 is 12.2 Å². The molecule has 2 aromatic carbocycles. The van der Waals surface area contributed by atoms with Gasteiger partial charge in [-0.25, -0.2) is 0 Å². The van der Waals surface area contributed by atoms with Crippen molar-refractivity contribution in [2.45, 2.75) is 18.6 Å². The van der Waals surface area contributed by atoms with Gasteiger partial charge in [-0.1, -0.05) is 24.3 Å². The number of amides is 4. The summed E-state index contributed by atoms with van der Waals surface area (Å²) in [4.78, 5) is 51.9. The van der Waals surface area contributed by atoms with E-state index in [2.05, 4.69) is 21.3 Å². The third-order valence-electron chi connectivity index (χ3n) is 7.41. The second-order valence-electron chi connectivity index (χ2n) is 12.3. The van der Waals surface area contributed by atoms with Crippen molar-refractivity contribution in [3.05, 3.63) is 59.7 Å². The molecule has 0 saturated carbocycles. The first-order valence-electron chi connectivity index (χ1n) is 17.7. The van der Waals surface area contributed by atoms with Gasteiger partial charge < -0.3 is 63.9 Å². The summed E-state index contributed by atoms with van der Waals surface area (Å²) in [6, 6.07) is 14.8. The summed E-state index contributed by atoms with van der Waals surface area (Å²) >= 11 is 0. The highest BCUT2D eigenvalue weighted by molar-refractivity contribution is 5.81. The molecule has 18 heteroatoms. The summed E-state index contributed by atoms with van der Waals surface area (Å²) in [5, 5.41) is 31.9. The lowest BCUT2D eigenvalue weighted by atomic mass is 10.0. The Morgan fingerprint density at radius 1 is 0.528 bits per heavy atom. The van der Waals surface area contributed by atoms with Crippen molar-refractivity contribution in [1.29, 1.82) is 0 Å². The molecule has 2 atom stereocenters. The third-order valence-corrected chi connectivity index (χ3v) is 7.41. The number of nitrogens with two attached hydrogens (primary N) is 4. The minimum Gasteiger partial charge on any atom is -0.491 e. The summed E-state index contributed by atoms with van der Waals surface area (Å²) < 4.78 is 11.5. The number of ether oxygens (including phenoxy) is 2. The van der Waals surface area contributed by atoms with Crippen molar-refractivity contribution in [2.24, 2.45) is 22.9 Å². The molecule has 53 heavy (non-hydrogen) atoms. The third kappa shape index (κ3) is 20.4. The van der Waals surface area contributed by atoms with Gasteiger partial charge in [-0.3, -0.25) is 29.0 Å². The topological polar surface area (TPSA) is 286 Å². The number of carbonyl (C=O) groups excluding carboxylic acids is 4. The van der Waals surface area contributed by atoms with Crippen LogP contribution in [0.3, 0.4) is 0 Å². The van der Waals surface area contributed by atoms with Gasteiger partial charge in [0.05, 0.1) is 26.2 Å². The fourth-order valence-electron chi connectivity index (χ4n) is 4.98. The average molecular weight is 747 g/mol. The molecule has 2 aromatic rings. The van der Waals surface area contributed by atoms with Crippen LogP contribution in [0.25, 0.3) is 0 Å². The zero-order chi connectivity index (χ0) is 38.8. The lowest BCUT2D eigenvalue weighted by Crippen LogP contribution is -2.47. The molecule has 0 aliphatic rings. The number of carbonyl (C=O) groups is 4. The highest BCUT2D eigenvalue weighted by atomic mass is 16.5. The molecule has 0 fully saturated rings. The van der Waals surface area contributed by atoms with Crippen molar-refractivity contribution < 1.29 is 38.9 Å². The zero-order valence-corrected chi connectivity index (χ0v) is 30.3. The molecule has 296 valence electrons. The summed E-state index contributed by atoms with van der Waals surface area (Å²) in [5.74, 6) is -0.141. The highest BCUT2D eigenvalue weighted by Gasteiger charge is 2.20. The van der Waals surface area contributed by atoms with Crippen LogP contribution in [0.4, 0.5) is 0 Å². The molecule has 0 aliphatic heterocycles. The molecule has 4 amide bonds. The van der Waals surface area contributed by atoms with Crippen LogP contribution in [0.1, 0.15) is 11.1 Å². The molecule has 2 unspecified atom stereocenters. The van der Waals surface area contributed by atoms with E-state index in [1.54, 1.807) is 24.3 Å². The number of rotatable bonds is 28.